The number of phenols is 1. The van der Waals surface area contributed by atoms with Crippen LogP contribution in [0.25, 0.3) is 0 Å². The molecule has 1 aliphatic heterocycles. The van der Waals surface area contributed by atoms with Gasteiger partial charge < -0.3 is 15.1 Å². The first-order valence-corrected chi connectivity index (χ1v) is 6.48. The number of amides is 1. The molecule has 2 rings (SSSR count). The highest BCUT2D eigenvalue weighted by atomic mass is 32.2. The molecule has 96 valence electrons. The second-order valence-electron chi connectivity index (χ2n) is 4.02. The van der Waals surface area contributed by atoms with E-state index in [0.717, 1.165) is 0 Å². The topological polar surface area (TPSA) is 77.8 Å². The van der Waals surface area contributed by atoms with Crippen molar-refractivity contribution in [3.63, 3.8) is 0 Å². The maximum atomic E-state index is 11.6. The molecule has 1 amide bonds. The maximum absolute atomic E-state index is 11.6. The lowest BCUT2D eigenvalue weighted by molar-refractivity contribution is -0.148. The molecular weight excluding hydrogens is 254 g/mol. The van der Waals surface area contributed by atoms with Gasteiger partial charge in [-0.2, -0.15) is 0 Å². The molecule has 0 radical (unpaired) electrons. The van der Waals surface area contributed by atoms with Crippen LogP contribution in [-0.2, 0) is 9.59 Å². The lowest BCUT2D eigenvalue weighted by atomic mass is 10.1. The minimum absolute atomic E-state index is 0.0762. The zero-order valence-electron chi connectivity index (χ0n) is 9.74. The molecule has 0 bridgehead atoms. The third-order valence-electron chi connectivity index (χ3n) is 2.85. The van der Waals surface area contributed by atoms with Crippen molar-refractivity contribution in [2.75, 3.05) is 5.75 Å². The van der Waals surface area contributed by atoms with Crippen molar-refractivity contribution in [1.82, 2.24) is 4.90 Å². The molecule has 0 spiro atoms. The Morgan fingerprint density at radius 3 is 2.61 bits per heavy atom. The summed E-state index contributed by atoms with van der Waals surface area (Å²) in [6.45, 7) is 1.34. The van der Waals surface area contributed by atoms with Crippen molar-refractivity contribution in [1.29, 1.82) is 0 Å². The number of thioether (sulfide) groups is 1. The Balaban J connectivity index is 2.37. The number of hydrogen-bond acceptors (Lipinski definition) is 4. The summed E-state index contributed by atoms with van der Waals surface area (Å²) >= 11 is 1.35. The van der Waals surface area contributed by atoms with Gasteiger partial charge in [0.2, 0.25) is 5.91 Å². The molecule has 18 heavy (non-hydrogen) atoms. The third kappa shape index (κ3) is 2.15. The monoisotopic (exact) mass is 267 g/mol. The molecule has 5 nitrogen and oxygen atoms in total. The highest BCUT2D eigenvalue weighted by molar-refractivity contribution is 7.99. The first-order valence-electron chi connectivity index (χ1n) is 5.43. The van der Waals surface area contributed by atoms with E-state index < -0.39 is 17.4 Å². The van der Waals surface area contributed by atoms with Crippen molar-refractivity contribution in [2.24, 2.45) is 0 Å². The average Bonchev–Trinajstić information content (AvgIpc) is 2.74. The van der Waals surface area contributed by atoms with Crippen LogP contribution in [0.15, 0.2) is 24.3 Å². The molecule has 0 saturated carbocycles. The summed E-state index contributed by atoms with van der Waals surface area (Å²) in [6.07, 6.45) is 0. The summed E-state index contributed by atoms with van der Waals surface area (Å²) < 4.78 is 0. The van der Waals surface area contributed by atoms with E-state index in [1.807, 2.05) is 0 Å². The maximum Gasteiger partial charge on any atom is 0.327 e. The summed E-state index contributed by atoms with van der Waals surface area (Å²) in [7, 11) is 0. The molecule has 0 aromatic heterocycles. The lowest BCUT2D eigenvalue weighted by Gasteiger charge is -2.26. The number of benzene rings is 1. The fraction of sp³-hybridized carbons (Fsp3) is 0.333. The summed E-state index contributed by atoms with van der Waals surface area (Å²) in [5.41, 5.74) is 0.571. The molecule has 2 atom stereocenters. The van der Waals surface area contributed by atoms with E-state index in [1.165, 1.54) is 29.7 Å². The number of aliphatic carboxylic acids is 1. The lowest BCUT2D eigenvalue weighted by Crippen LogP contribution is -2.41. The van der Waals surface area contributed by atoms with Crippen LogP contribution >= 0.6 is 11.8 Å². The number of carboxylic acid groups (broad SMARTS) is 1. The molecule has 1 fully saturated rings. The predicted molar refractivity (Wildman–Crippen MR) is 67.2 cm³/mol. The predicted octanol–water partition coefficient (Wildman–Crippen LogP) is 1.44. The fourth-order valence-electron chi connectivity index (χ4n) is 2.02. The largest absolute Gasteiger partial charge is 0.508 e. The van der Waals surface area contributed by atoms with Crippen LogP contribution in [0, 0.1) is 0 Å². The van der Waals surface area contributed by atoms with Gasteiger partial charge in [0.25, 0.3) is 0 Å². The van der Waals surface area contributed by atoms with Gasteiger partial charge in [-0.3, -0.25) is 4.79 Å². The standard InChI is InChI=1S/C12H13NO4S/c1-7(14)13-9(12(16)17)6-18-11(13)8-4-2-3-5-10(8)15/h2-5,9,11,15H,6H2,1H3,(H,16,17). The number of hydrogen-bond donors (Lipinski definition) is 2. The van der Waals surface area contributed by atoms with E-state index in [4.69, 9.17) is 5.11 Å². The van der Waals surface area contributed by atoms with Gasteiger partial charge in [-0.05, 0) is 6.07 Å². The fourth-order valence-corrected chi connectivity index (χ4v) is 3.52. The molecule has 1 saturated heterocycles. The summed E-state index contributed by atoms with van der Waals surface area (Å²) in [4.78, 5) is 24.0. The van der Waals surface area contributed by atoms with Crippen molar-refractivity contribution >= 4 is 23.6 Å². The van der Waals surface area contributed by atoms with E-state index in [0.29, 0.717) is 11.3 Å². The van der Waals surface area contributed by atoms with Crippen LogP contribution in [0.5, 0.6) is 5.75 Å². The Labute approximate surface area is 108 Å². The number of carbonyl (C=O) groups excluding carboxylic acids is 1. The van der Waals surface area contributed by atoms with Crippen LogP contribution in [0.2, 0.25) is 0 Å². The Hall–Kier alpha value is -1.69. The average molecular weight is 267 g/mol. The molecule has 2 unspecified atom stereocenters. The number of carbonyl (C=O) groups is 2. The zero-order chi connectivity index (χ0) is 13.3. The number of carboxylic acids is 1. The molecule has 2 N–H and O–H groups in total. The van der Waals surface area contributed by atoms with Crippen molar-refractivity contribution < 1.29 is 19.8 Å². The van der Waals surface area contributed by atoms with E-state index in [2.05, 4.69) is 0 Å². The Morgan fingerprint density at radius 2 is 2.06 bits per heavy atom. The minimum Gasteiger partial charge on any atom is -0.508 e. The number of aromatic hydroxyl groups is 1. The Kier molecular flexibility index (Phi) is 3.47. The number of phenolic OH excluding ortho intramolecular Hbond substituents is 1. The van der Waals surface area contributed by atoms with Gasteiger partial charge >= 0.3 is 5.97 Å². The van der Waals surface area contributed by atoms with Gasteiger partial charge in [-0.25, -0.2) is 4.79 Å². The van der Waals surface area contributed by atoms with Crippen LogP contribution in [-0.4, -0.2) is 38.8 Å². The van der Waals surface area contributed by atoms with Crippen molar-refractivity contribution in [3.8, 4) is 5.75 Å². The van der Waals surface area contributed by atoms with Gasteiger partial charge in [0, 0.05) is 18.2 Å². The van der Waals surface area contributed by atoms with E-state index >= 15 is 0 Å². The molecule has 1 aliphatic rings. The minimum atomic E-state index is -1.02. The normalized spacial score (nSPS) is 23.1. The molecule has 1 heterocycles. The van der Waals surface area contributed by atoms with Crippen LogP contribution in [0.4, 0.5) is 0 Å². The van der Waals surface area contributed by atoms with Crippen LogP contribution in [0.1, 0.15) is 17.9 Å². The number of nitrogens with zero attached hydrogens (tertiary/aromatic N) is 1. The number of para-hydroxylation sites is 1. The molecular formula is C12H13NO4S. The first kappa shape index (κ1) is 12.8. The second-order valence-corrected chi connectivity index (χ2v) is 5.14. The van der Waals surface area contributed by atoms with Crippen LogP contribution < -0.4 is 0 Å². The smallest absolute Gasteiger partial charge is 0.327 e. The Morgan fingerprint density at radius 1 is 1.39 bits per heavy atom. The van der Waals surface area contributed by atoms with Crippen LogP contribution in [0.3, 0.4) is 0 Å². The van der Waals surface area contributed by atoms with Crippen molar-refractivity contribution in [2.45, 2.75) is 18.3 Å². The zero-order valence-corrected chi connectivity index (χ0v) is 10.6. The Bertz CT molecular complexity index is 491. The van der Waals surface area contributed by atoms with Crippen molar-refractivity contribution in [3.05, 3.63) is 29.8 Å². The highest BCUT2D eigenvalue weighted by Gasteiger charge is 2.41. The third-order valence-corrected chi connectivity index (χ3v) is 4.16. The highest BCUT2D eigenvalue weighted by Crippen LogP contribution is 2.44. The second kappa shape index (κ2) is 4.89. The van der Waals surface area contributed by atoms with Gasteiger partial charge in [-0.1, -0.05) is 18.2 Å². The van der Waals surface area contributed by atoms with Gasteiger partial charge in [-0.15, -0.1) is 11.8 Å². The van der Waals surface area contributed by atoms with Gasteiger partial charge in [0.1, 0.15) is 17.2 Å². The summed E-state index contributed by atoms with van der Waals surface area (Å²) in [5.74, 6) is -0.919. The quantitative estimate of drug-likeness (QED) is 0.847. The molecule has 0 aliphatic carbocycles. The summed E-state index contributed by atoms with van der Waals surface area (Å²) in [5, 5.41) is 18.5. The van der Waals surface area contributed by atoms with E-state index in [1.54, 1.807) is 18.2 Å². The first-order chi connectivity index (χ1) is 8.52. The number of rotatable bonds is 2. The summed E-state index contributed by atoms with van der Waals surface area (Å²) in [6, 6.07) is 5.83. The van der Waals surface area contributed by atoms with Gasteiger partial charge in [0.05, 0.1) is 0 Å². The SMILES string of the molecule is CC(=O)N1C(C(=O)O)CSC1c1ccccc1O. The molecule has 1 aromatic rings. The molecule has 1 aromatic carbocycles. The molecule has 6 heteroatoms. The van der Waals surface area contributed by atoms with E-state index in [-0.39, 0.29) is 11.7 Å². The van der Waals surface area contributed by atoms with E-state index in [9.17, 15) is 14.7 Å². The van der Waals surface area contributed by atoms with Gasteiger partial charge in [0.15, 0.2) is 0 Å².